The predicted octanol–water partition coefficient (Wildman–Crippen LogP) is 1.99. The number of amides is 4. The summed E-state index contributed by atoms with van der Waals surface area (Å²) in [5, 5.41) is 2.24. The van der Waals surface area contributed by atoms with Gasteiger partial charge in [0.2, 0.25) is 11.8 Å². The molecule has 4 amide bonds. The zero-order valence-corrected chi connectivity index (χ0v) is 16.1. The second-order valence-electron chi connectivity index (χ2n) is 7.23. The molecule has 7 heteroatoms. The number of hydrogen-bond donors (Lipinski definition) is 1. The molecule has 0 saturated carbocycles. The molecule has 1 aromatic carbocycles. The first kappa shape index (κ1) is 19.9. The average Bonchev–Trinajstić information content (AvgIpc) is 2.67. The van der Waals surface area contributed by atoms with Gasteiger partial charge in [-0.25, -0.2) is 4.79 Å². The van der Waals surface area contributed by atoms with Crippen LogP contribution in [0.4, 0.5) is 4.79 Å². The predicted molar refractivity (Wildman–Crippen MR) is 107 cm³/mol. The Morgan fingerprint density at radius 1 is 1.21 bits per heavy atom. The van der Waals surface area contributed by atoms with Crippen LogP contribution >= 0.6 is 0 Å². The standard InChI is InChI=1S/C21H26N4O3/c1-3-11-25-20(27)18(19(26)23-21(25)28)15(2)22-17-9-12-24(13-10-17)14-16-7-5-4-6-8-16/h3-8,17-18H,1,9-14H2,2H3,(H,23,26,28). The summed E-state index contributed by atoms with van der Waals surface area (Å²) in [5.41, 5.74) is 1.75. The lowest BCUT2D eigenvalue weighted by Crippen LogP contribution is -2.59. The fraction of sp³-hybridized carbons (Fsp3) is 0.429. The molecule has 2 heterocycles. The van der Waals surface area contributed by atoms with E-state index >= 15 is 0 Å². The van der Waals surface area contributed by atoms with Gasteiger partial charge in [0.1, 0.15) is 0 Å². The molecule has 1 atom stereocenters. The van der Waals surface area contributed by atoms with Crippen molar-refractivity contribution in [3.8, 4) is 0 Å². The van der Waals surface area contributed by atoms with Crippen molar-refractivity contribution in [3.63, 3.8) is 0 Å². The lowest BCUT2D eigenvalue weighted by molar-refractivity contribution is -0.139. The number of barbiturate groups is 1. The van der Waals surface area contributed by atoms with Crippen LogP contribution in [0.15, 0.2) is 48.0 Å². The summed E-state index contributed by atoms with van der Waals surface area (Å²) in [6.45, 7) is 8.07. The van der Waals surface area contributed by atoms with Crippen LogP contribution in [0, 0.1) is 5.92 Å². The Bertz CT molecular complexity index is 782. The number of imide groups is 2. The second kappa shape index (κ2) is 8.93. The quantitative estimate of drug-likeness (QED) is 0.463. The van der Waals surface area contributed by atoms with Crippen LogP contribution in [0.25, 0.3) is 0 Å². The van der Waals surface area contributed by atoms with Gasteiger partial charge in [-0.2, -0.15) is 0 Å². The fourth-order valence-corrected chi connectivity index (χ4v) is 3.69. The molecule has 0 bridgehead atoms. The van der Waals surface area contributed by atoms with Gasteiger partial charge >= 0.3 is 6.03 Å². The minimum absolute atomic E-state index is 0.0690. The Kier molecular flexibility index (Phi) is 6.36. The molecule has 0 spiro atoms. The lowest BCUT2D eigenvalue weighted by atomic mass is 9.98. The number of benzene rings is 1. The molecule has 148 valence electrons. The van der Waals surface area contributed by atoms with E-state index < -0.39 is 23.8 Å². The van der Waals surface area contributed by atoms with Crippen molar-refractivity contribution in [1.82, 2.24) is 15.1 Å². The first-order chi connectivity index (χ1) is 13.5. The number of aliphatic imine (C=N–C) groups is 1. The van der Waals surface area contributed by atoms with Crippen molar-refractivity contribution >= 4 is 23.6 Å². The van der Waals surface area contributed by atoms with Gasteiger partial charge in [-0.1, -0.05) is 36.4 Å². The molecule has 3 rings (SSSR count). The maximum atomic E-state index is 12.6. The number of likely N-dealkylation sites (tertiary alicyclic amines) is 1. The molecular weight excluding hydrogens is 356 g/mol. The number of carbonyl (C=O) groups excluding carboxylic acids is 3. The third-order valence-electron chi connectivity index (χ3n) is 5.17. The van der Waals surface area contributed by atoms with Gasteiger partial charge < -0.3 is 0 Å². The van der Waals surface area contributed by atoms with Crippen molar-refractivity contribution in [2.45, 2.75) is 32.4 Å². The van der Waals surface area contributed by atoms with Crippen molar-refractivity contribution < 1.29 is 14.4 Å². The van der Waals surface area contributed by atoms with Crippen molar-refractivity contribution in [3.05, 3.63) is 48.6 Å². The van der Waals surface area contributed by atoms with Crippen molar-refractivity contribution in [2.24, 2.45) is 10.9 Å². The van der Waals surface area contributed by atoms with E-state index in [2.05, 4.69) is 33.9 Å². The molecule has 1 unspecified atom stereocenters. The zero-order chi connectivity index (χ0) is 20.1. The monoisotopic (exact) mass is 382 g/mol. The summed E-state index contributed by atoms with van der Waals surface area (Å²) in [6.07, 6.45) is 3.21. The molecule has 7 nitrogen and oxygen atoms in total. The molecule has 2 saturated heterocycles. The third-order valence-corrected chi connectivity index (χ3v) is 5.17. The van der Waals surface area contributed by atoms with Gasteiger partial charge in [-0.05, 0) is 25.3 Å². The first-order valence-electron chi connectivity index (χ1n) is 9.57. The number of piperidine rings is 1. The van der Waals surface area contributed by atoms with Crippen LogP contribution in [-0.4, -0.2) is 59.0 Å². The smallest absolute Gasteiger partial charge is 0.299 e. The Morgan fingerprint density at radius 2 is 1.89 bits per heavy atom. The van der Waals surface area contributed by atoms with Crippen molar-refractivity contribution in [2.75, 3.05) is 19.6 Å². The summed E-state index contributed by atoms with van der Waals surface area (Å²) in [4.78, 5) is 44.7. The highest BCUT2D eigenvalue weighted by molar-refractivity contribution is 6.27. The summed E-state index contributed by atoms with van der Waals surface area (Å²) in [5.74, 6) is -2.17. The minimum Gasteiger partial charge on any atom is -0.299 e. The van der Waals surface area contributed by atoms with E-state index in [0.717, 1.165) is 37.4 Å². The number of urea groups is 1. The van der Waals surface area contributed by atoms with E-state index in [-0.39, 0.29) is 12.6 Å². The molecule has 0 aromatic heterocycles. The molecular formula is C21H26N4O3. The summed E-state index contributed by atoms with van der Waals surface area (Å²) >= 11 is 0. The van der Waals surface area contributed by atoms with E-state index in [9.17, 15) is 14.4 Å². The second-order valence-corrected chi connectivity index (χ2v) is 7.23. The maximum Gasteiger partial charge on any atom is 0.331 e. The third kappa shape index (κ3) is 4.54. The van der Waals surface area contributed by atoms with Gasteiger partial charge in [0.25, 0.3) is 0 Å². The molecule has 0 radical (unpaired) electrons. The fourth-order valence-electron chi connectivity index (χ4n) is 3.69. The molecule has 28 heavy (non-hydrogen) atoms. The summed E-state index contributed by atoms with van der Waals surface area (Å²) < 4.78 is 0. The number of carbonyl (C=O) groups is 3. The average molecular weight is 382 g/mol. The van der Waals surface area contributed by atoms with E-state index in [1.807, 2.05) is 18.2 Å². The zero-order valence-electron chi connectivity index (χ0n) is 16.1. The SMILES string of the molecule is C=CCN1C(=O)NC(=O)C(C(C)=NC2CCN(Cc3ccccc3)CC2)C1=O. The molecule has 2 aliphatic rings. The van der Waals surface area contributed by atoms with Crippen LogP contribution in [0.3, 0.4) is 0 Å². The van der Waals surface area contributed by atoms with Crippen LogP contribution in [0.5, 0.6) is 0 Å². The molecule has 2 aliphatic heterocycles. The van der Waals surface area contributed by atoms with Crippen molar-refractivity contribution in [1.29, 1.82) is 0 Å². The van der Waals surface area contributed by atoms with Gasteiger partial charge in [0, 0.05) is 31.9 Å². The van der Waals surface area contributed by atoms with Gasteiger partial charge in [-0.3, -0.25) is 29.7 Å². The topological polar surface area (TPSA) is 82.1 Å². The summed E-state index contributed by atoms with van der Waals surface area (Å²) in [7, 11) is 0. The minimum atomic E-state index is -1.04. The summed E-state index contributed by atoms with van der Waals surface area (Å²) in [6, 6.07) is 9.73. The molecule has 1 N–H and O–H groups in total. The highest BCUT2D eigenvalue weighted by Gasteiger charge is 2.41. The largest absolute Gasteiger partial charge is 0.331 e. The number of rotatable bonds is 6. The Hall–Kier alpha value is -2.80. The van der Waals surface area contributed by atoms with Gasteiger partial charge in [0.15, 0.2) is 5.92 Å². The molecule has 2 fully saturated rings. The molecule has 0 aliphatic carbocycles. The van der Waals surface area contributed by atoms with E-state index in [0.29, 0.717) is 5.71 Å². The Labute approximate surface area is 165 Å². The van der Waals surface area contributed by atoms with Crippen LogP contribution < -0.4 is 5.32 Å². The van der Waals surface area contributed by atoms with Crippen LogP contribution in [-0.2, 0) is 16.1 Å². The normalized spacial score (nSPS) is 22.3. The van der Waals surface area contributed by atoms with Gasteiger partial charge in [0.05, 0.1) is 6.04 Å². The lowest BCUT2D eigenvalue weighted by Gasteiger charge is -2.32. The number of nitrogens with one attached hydrogen (secondary N) is 1. The maximum absolute atomic E-state index is 12.6. The molecule has 1 aromatic rings. The van der Waals surface area contributed by atoms with E-state index in [1.54, 1.807) is 6.92 Å². The Balaban J connectivity index is 1.60. The van der Waals surface area contributed by atoms with E-state index in [1.165, 1.54) is 11.6 Å². The number of nitrogens with zero attached hydrogens (tertiary/aromatic N) is 3. The highest BCUT2D eigenvalue weighted by Crippen LogP contribution is 2.19. The Morgan fingerprint density at radius 3 is 2.54 bits per heavy atom. The van der Waals surface area contributed by atoms with Crippen LogP contribution in [0.1, 0.15) is 25.3 Å². The first-order valence-corrected chi connectivity index (χ1v) is 9.57. The van der Waals surface area contributed by atoms with Crippen LogP contribution in [0.2, 0.25) is 0 Å². The van der Waals surface area contributed by atoms with E-state index in [4.69, 9.17) is 0 Å². The number of hydrogen-bond acceptors (Lipinski definition) is 5. The highest BCUT2D eigenvalue weighted by atomic mass is 16.2. The van der Waals surface area contributed by atoms with Gasteiger partial charge in [-0.15, -0.1) is 6.58 Å².